The molecule has 0 aliphatic carbocycles. The van der Waals surface area contributed by atoms with Crippen LogP contribution in [-0.4, -0.2) is 144 Å². The Morgan fingerprint density at radius 3 is 2.07 bits per heavy atom. The fourth-order valence-corrected chi connectivity index (χ4v) is 15.3. The number of hydrogen-bond donors (Lipinski definition) is 12. The third-order valence-corrected chi connectivity index (χ3v) is 21.5. The molecule has 30 heteroatoms. The van der Waals surface area contributed by atoms with Crippen molar-refractivity contribution in [3.63, 3.8) is 0 Å². The number of rotatable bonds is 27. The molecule has 6 amide bonds. The van der Waals surface area contributed by atoms with E-state index in [1.807, 2.05) is 46.8 Å². The summed E-state index contributed by atoms with van der Waals surface area (Å²) in [5.74, 6) is -8.72. The molecule has 2 aromatic rings. The molecular weight excluding hydrogens is 1280 g/mol. The zero-order valence-corrected chi connectivity index (χ0v) is 56.1. The molecule has 502 valence electrons. The number of aryl methyl sites for hydroxylation is 2. The van der Waals surface area contributed by atoms with Crippen molar-refractivity contribution in [1.29, 1.82) is 0 Å². The second kappa shape index (κ2) is 27.8. The van der Waals surface area contributed by atoms with Crippen molar-refractivity contribution in [1.82, 2.24) is 20.6 Å². The lowest BCUT2D eigenvalue weighted by Gasteiger charge is -2.48. The number of aromatic nitrogens is 2. The number of aromatic amines is 1. The molecule has 2 fully saturated rings. The number of aliphatic carboxylic acids is 1. The van der Waals surface area contributed by atoms with Crippen LogP contribution in [0.2, 0.25) is 0 Å². The van der Waals surface area contributed by atoms with Gasteiger partial charge in [0.15, 0.2) is 5.78 Å². The fraction of sp³-hybridized carbons (Fsp3) is 0.581. The second-order valence-corrected chi connectivity index (χ2v) is 28.2. The van der Waals surface area contributed by atoms with Crippen molar-refractivity contribution in [2.75, 3.05) is 13.2 Å². The number of ketones is 1. The highest BCUT2D eigenvalue weighted by molar-refractivity contribution is 9.12. The Kier molecular flexibility index (Phi) is 21.9. The van der Waals surface area contributed by atoms with E-state index in [9.17, 15) is 63.1 Å². The van der Waals surface area contributed by atoms with Crippen LogP contribution in [0.25, 0.3) is 11.0 Å². The van der Waals surface area contributed by atoms with Crippen LogP contribution in [0.1, 0.15) is 150 Å². The van der Waals surface area contributed by atoms with Gasteiger partial charge in [-0.25, -0.2) is 19.3 Å². The summed E-state index contributed by atoms with van der Waals surface area (Å²) in [4.78, 5) is 142. The molecule has 92 heavy (non-hydrogen) atoms. The minimum absolute atomic E-state index is 0.00113. The number of aliphatic hydroxyl groups is 2. The maximum atomic E-state index is 14.6. The standard InChI is InChI=1S/C62H86BrN12O16P/c1-27-20-36-37(21-28(27)2)72-57(71-36)54-52(84)53(40(26-76)89-54)91-92(87,88)90-29(3)25-69-47(83)18-19-60(9)35(22-45(67)81)56-62(11)61(10,24-46(68)82)34(13-16-43(65)79)51(75-62)31(5)49(30(4)48(63)58(85)86)70-38(39(77)14-17-44(66)80)23-41-59(7,8)33(12-15-42(64)78)50(73-41)32(6)55(60)74-56/h20-21,23,29,33-35,40,52-54,56,73,76,84H,12-19,22,24-26H2,1-11H3,(H2,64,78)(H2,65,79)(H2,66,80)(H2,67,81)(H2,68,82)(H,69,83)(H,71,72)(H,85,86)(H,87,88)/b41-23-,48-30-,49-31-,50-32-,70-38+/t29-,33-,34-,35+,40-,52-,53-,54?,56-,60-,61+,62-/m1/s1. The molecule has 0 spiro atoms. The van der Waals surface area contributed by atoms with Crippen LogP contribution < -0.4 is 39.3 Å². The number of carboxylic acid groups (broad SMARTS) is 1. The van der Waals surface area contributed by atoms with Gasteiger partial charge < -0.3 is 69.2 Å². The first-order chi connectivity index (χ1) is 42.7. The first-order valence-corrected chi connectivity index (χ1v) is 32.6. The lowest BCUT2D eigenvalue weighted by Crippen LogP contribution is -2.56. The molecule has 0 radical (unpaired) electrons. The van der Waals surface area contributed by atoms with Crippen LogP contribution >= 0.6 is 23.8 Å². The van der Waals surface area contributed by atoms with Gasteiger partial charge in [0.05, 0.1) is 41.0 Å². The van der Waals surface area contributed by atoms with Crippen molar-refractivity contribution >= 4 is 99.1 Å². The van der Waals surface area contributed by atoms with Crippen LogP contribution in [0.5, 0.6) is 0 Å². The van der Waals surface area contributed by atoms with Crippen molar-refractivity contribution in [3.8, 4) is 0 Å². The van der Waals surface area contributed by atoms with Crippen LogP contribution in [0.15, 0.2) is 71.5 Å². The summed E-state index contributed by atoms with van der Waals surface area (Å²) in [6.07, 6.45) is -7.68. The number of ether oxygens (including phenoxy) is 1. The lowest BCUT2D eigenvalue weighted by molar-refractivity contribution is -0.132. The number of nitrogens with one attached hydrogen (secondary N) is 3. The number of carbonyl (C=O) groups is 8. The number of H-pyrrole nitrogens is 1. The van der Waals surface area contributed by atoms with Gasteiger partial charge in [0.25, 0.3) is 0 Å². The third-order valence-electron chi connectivity index (χ3n) is 19.4. The van der Waals surface area contributed by atoms with Gasteiger partial charge in [-0.05, 0) is 130 Å². The third kappa shape index (κ3) is 14.8. The SMILES string of the molecule is C/C1=C(\C(C)=C(/Br)C(=O)O)/N=C(C(=O)CCC(N)=O)\C=C2/N/C(=C(/C)C3=N[C@H]([C@H](CC(N)=O)[C@@]3(C)CCC(=O)NC[C@@H](C)OP(=O)(O)O[C@@H]3[C@@H](CO)OC(c4nc5cc(C)c(C)cc5[nH]4)[C@@H]3O)[C@@]3(C)N=C1[C@@H](CCC(N)=O)[C@]3(C)CC(N)=O)[C@@H](CCC(N)=O)C2(C)C. The number of halogens is 1. The Hall–Kier alpha value is -7.11. The zero-order valence-electron chi connectivity index (χ0n) is 53.6. The average molecular weight is 1370 g/mol. The number of allylic oxidation sites excluding steroid dienone is 6. The molecule has 13 atom stereocenters. The van der Waals surface area contributed by atoms with Crippen LogP contribution in [0.3, 0.4) is 0 Å². The molecule has 17 N–H and O–H groups in total. The highest BCUT2D eigenvalue weighted by Gasteiger charge is 2.66. The van der Waals surface area contributed by atoms with E-state index in [1.54, 1.807) is 27.7 Å². The summed E-state index contributed by atoms with van der Waals surface area (Å²) in [5.41, 5.74) is 29.1. The van der Waals surface area contributed by atoms with Gasteiger partial charge in [0.2, 0.25) is 35.4 Å². The van der Waals surface area contributed by atoms with Crippen molar-refractivity contribution in [2.45, 2.75) is 182 Å². The highest BCUT2D eigenvalue weighted by Crippen LogP contribution is 2.62. The van der Waals surface area contributed by atoms with E-state index in [1.165, 1.54) is 19.9 Å². The largest absolute Gasteiger partial charge is 0.477 e. The Balaban J connectivity index is 1.33. The summed E-state index contributed by atoms with van der Waals surface area (Å²) >= 11 is 3.21. The smallest absolute Gasteiger partial charge is 0.472 e. The highest BCUT2D eigenvalue weighted by atomic mass is 79.9. The van der Waals surface area contributed by atoms with Crippen molar-refractivity contribution in [3.05, 3.63) is 73.5 Å². The topological polar surface area (TPSA) is 482 Å². The van der Waals surface area contributed by atoms with E-state index in [-0.39, 0.29) is 90.1 Å². The maximum absolute atomic E-state index is 14.6. The fourth-order valence-electron chi connectivity index (χ4n) is 14.0. The van der Waals surface area contributed by atoms with E-state index in [4.69, 9.17) is 57.4 Å². The Morgan fingerprint density at radius 2 is 1.48 bits per heavy atom. The first kappa shape index (κ1) is 72.3. The number of amides is 6. The number of carboxylic acids is 1. The van der Waals surface area contributed by atoms with Crippen LogP contribution in [0.4, 0.5) is 0 Å². The number of fused-ring (bicyclic) bond motifs is 6. The predicted molar refractivity (Wildman–Crippen MR) is 343 cm³/mol. The van der Waals surface area contributed by atoms with Gasteiger partial charge in [-0.1, -0.05) is 27.7 Å². The first-order valence-electron chi connectivity index (χ1n) is 30.3. The lowest BCUT2D eigenvalue weighted by atomic mass is 9.55. The number of imidazole rings is 1. The molecule has 28 nitrogen and oxygen atoms in total. The molecule has 6 bridgehead atoms. The van der Waals surface area contributed by atoms with Gasteiger partial charge in [0, 0.05) is 108 Å². The van der Waals surface area contributed by atoms with Gasteiger partial charge >= 0.3 is 13.8 Å². The Labute approximate surface area is 541 Å². The van der Waals surface area contributed by atoms with E-state index < -0.39 is 157 Å². The molecule has 6 heterocycles. The van der Waals surface area contributed by atoms with Gasteiger partial charge in [-0.15, -0.1) is 0 Å². The quantitative estimate of drug-likeness (QED) is 0.0443. The molecule has 1 aromatic heterocycles. The van der Waals surface area contributed by atoms with E-state index in [0.717, 1.165) is 11.1 Å². The summed E-state index contributed by atoms with van der Waals surface area (Å²) in [5, 5.41) is 38.4. The van der Waals surface area contributed by atoms with Crippen molar-refractivity contribution in [2.24, 2.45) is 77.6 Å². The number of phosphoric acid groups is 1. The normalized spacial score (nSPS) is 31.7. The number of benzene rings is 1. The summed E-state index contributed by atoms with van der Waals surface area (Å²) in [7, 11) is -5.10. The molecular formula is C62H86BrN12O16P. The maximum Gasteiger partial charge on any atom is 0.472 e. The molecule has 7 rings (SSSR count). The molecule has 5 aliphatic heterocycles. The van der Waals surface area contributed by atoms with Gasteiger partial charge in [-0.3, -0.25) is 52.6 Å². The number of Topliss-reactive ketones (excluding diaryl/α,β-unsaturated/α-hetero) is 1. The minimum atomic E-state index is -5.10. The van der Waals surface area contributed by atoms with E-state index in [0.29, 0.717) is 33.7 Å². The number of nitrogens with zero attached hydrogens (tertiary/aromatic N) is 4. The average Bonchev–Trinajstić information content (AvgIpc) is 1.53. The number of hydrogen-bond acceptors (Lipinski definition) is 19. The summed E-state index contributed by atoms with van der Waals surface area (Å²) in [6.45, 7) is 18.0. The van der Waals surface area contributed by atoms with E-state index in [2.05, 4.69) is 36.5 Å². The van der Waals surface area contributed by atoms with Crippen LogP contribution in [-0.2, 0) is 56.7 Å². The Bertz CT molecular complexity index is 3630. The number of aliphatic imine (C=N–C) groups is 3. The zero-order chi connectivity index (χ0) is 68.7. The number of phosphoric ester groups is 1. The van der Waals surface area contributed by atoms with Gasteiger partial charge in [0.1, 0.15) is 40.4 Å². The molecule has 2 saturated heterocycles. The minimum Gasteiger partial charge on any atom is -0.477 e. The molecule has 2 unspecified atom stereocenters. The summed E-state index contributed by atoms with van der Waals surface area (Å²) in [6, 6.07) is 2.59. The van der Waals surface area contributed by atoms with Crippen molar-refractivity contribution < 1.29 is 76.9 Å². The number of carbonyl (C=O) groups excluding carboxylic acids is 7. The van der Waals surface area contributed by atoms with Gasteiger partial charge in [-0.2, -0.15) is 0 Å². The number of nitrogens with two attached hydrogens (primary N) is 5. The molecule has 0 saturated carbocycles. The summed E-state index contributed by atoms with van der Waals surface area (Å²) < 4.78 is 30.2. The monoisotopic (exact) mass is 1360 g/mol. The second-order valence-electron chi connectivity index (χ2n) is 26.1. The van der Waals surface area contributed by atoms with Crippen LogP contribution in [0, 0.1) is 47.8 Å². The van der Waals surface area contributed by atoms with E-state index >= 15 is 0 Å². The number of primary amides is 5. The molecule has 1 aromatic carbocycles. The molecule has 5 aliphatic rings. The Morgan fingerprint density at radius 1 is 0.859 bits per heavy atom. The predicted octanol–water partition coefficient (Wildman–Crippen LogP) is 4.04. The number of aliphatic hydroxyl groups excluding tert-OH is 2.